The summed E-state index contributed by atoms with van der Waals surface area (Å²) in [5.41, 5.74) is 0.178. The van der Waals surface area contributed by atoms with Gasteiger partial charge in [0.05, 0.1) is 19.9 Å². The number of aromatic amines is 1. The second-order valence-electron chi connectivity index (χ2n) is 5.13. The minimum absolute atomic E-state index is 0.199. The third-order valence-corrected chi connectivity index (χ3v) is 4.63. The molecule has 0 radical (unpaired) electrons. The molecule has 3 aromatic rings. The van der Waals surface area contributed by atoms with Crippen molar-refractivity contribution in [1.82, 2.24) is 10.2 Å². The van der Waals surface area contributed by atoms with Crippen LogP contribution in [0.3, 0.4) is 0 Å². The number of anilines is 1. The van der Waals surface area contributed by atoms with Crippen LogP contribution in [-0.4, -0.2) is 32.8 Å². The minimum Gasteiger partial charge on any atom is -0.497 e. The fraction of sp³-hybridized carbons (Fsp3) is 0.125. The molecule has 0 saturated heterocycles. The monoisotopic (exact) mass is 377 g/mol. The van der Waals surface area contributed by atoms with Crippen LogP contribution >= 0.6 is 0 Å². The lowest BCUT2D eigenvalue weighted by atomic mass is 10.3. The number of H-pyrrole nitrogens is 1. The van der Waals surface area contributed by atoms with E-state index in [2.05, 4.69) is 14.9 Å². The van der Waals surface area contributed by atoms with Gasteiger partial charge in [-0.3, -0.25) is 9.52 Å². The van der Waals surface area contributed by atoms with E-state index in [0.29, 0.717) is 17.2 Å². The highest BCUT2D eigenvalue weighted by atomic mass is 32.2. The summed E-state index contributed by atoms with van der Waals surface area (Å²) in [6, 6.07) is 10.1. The number of hydrogen-bond donors (Lipinski definition) is 2. The van der Waals surface area contributed by atoms with E-state index in [9.17, 15) is 13.2 Å². The van der Waals surface area contributed by atoms with Gasteiger partial charge in [-0.25, -0.2) is 5.10 Å². The maximum absolute atomic E-state index is 12.5. The largest absolute Gasteiger partial charge is 0.497 e. The van der Waals surface area contributed by atoms with Crippen LogP contribution in [0.25, 0.3) is 11.5 Å². The zero-order valence-electron chi connectivity index (χ0n) is 13.8. The van der Waals surface area contributed by atoms with Gasteiger partial charge in [0.2, 0.25) is 5.09 Å². The van der Waals surface area contributed by atoms with Crippen molar-refractivity contribution in [3.63, 3.8) is 0 Å². The van der Waals surface area contributed by atoms with Gasteiger partial charge in [0.1, 0.15) is 17.2 Å². The summed E-state index contributed by atoms with van der Waals surface area (Å²) in [6.07, 6.45) is 0. The molecule has 2 aromatic heterocycles. The molecule has 26 heavy (non-hydrogen) atoms. The van der Waals surface area contributed by atoms with Crippen molar-refractivity contribution in [2.45, 2.75) is 5.09 Å². The molecule has 0 bridgehead atoms. The van der Waals surface area contributed by atoms with Crippen molar-refractivity contribution in [3.05, 3.63) is 52.8 Å². The maximum atomic E-state index is 12.5. The Morgan fingerprint density at radius 3 is 2.31 bits per heavy atom. The summed E-state index contributed by atoms with van der Waals surface area (Å²) >= 11 is 0. The second-order valence-corrected chi connectivity index (χ2v) is 6.75. The average Bonchev–Trinajstić information content (AvgIpc) is 3.12. The molecule has 10 heteroatoms. The number of benzene rings is 1. The highest BCUT2D eigenvalue weighted by Gasteiger charge is 2.20. The summed E-state index contributed by atoms with van der Waals surface area (Å²) in [4.78, 5) is 11.1. The lowest BCUT2D eigenvalue weighted by Gasteiger charge is -2.10. The number of methoxy groups -OCH3 is 2. The van der Waals surface area contributed by atoms with Crippen molar-refractivity contribution in [3.8, 4) is 23.0 Å². The fourth-order valence-corrected chi connectivity index (χ4v) is 3.13. The van der Waals surface area contributed by atoms with Gasteiger partial charge in [0.15, 0.2) is 5.76 Å². The van der Waals surface area contributed by atoms with E-state index in [1.54, 1.807) is 6.07 Å². The van der Waals surface area contributed by atoms with Crippen LogP contribution in [0, 0.1) is 0 Å². The Morgan fingerprint density at radius 1 is 1.04 bits per heavy atom. The number of hydrogen-bond acceptors (Lipinski definition) is 7. The predicted molar refractivity (Wildman–Crippen MR) is 92.9 cm³/mol. The van der Waals surface area contributed by atoms with Crippen LogP contribution in [0.1, 0.15) is 0 Å². The standard InChI is InChI=1S/C16H15N3O6S/c1-23-11-7-10(8-12(9-11)24-2)19-26(21,22)16-6-4-14(25-16)13-3-5-15(20)18-17-13/h3-9,19H,1-2H3,(H,18,20). The summed E-state index contributed by atoms with van der Waals surface area (Å²) in [5.74, 6) is 1.06. The van der Waals surface area contributed by atoms with Crippen molar-refractivity contribution < 1.29 is 22.3 Å². The highest BCUT2D eigenvalue weighted by Crippen LogP contribution is 2.28. The molecular formula is C16H15N3O6S. The molecule has 2 N–H and O–H groups in total. The lowest BCUT2D eigenvalue weighted by Crippen LogP contribution is -2.12. The van der Waals surface area contributed by atoms with Gasteiger partial charge >= 0.3 is 0 Å². The third-order valence-electron chi connectivity index (χ3n) is 3.38. The van der Waals surface area contributed by atoms with Crippen LogP contribution in [0.15, 0.2) is 56.8 Å². The number of furan rings is 1. The van der Waals surface area contributed by atoms with Gasteiger partial charge in [-0.05, 0) is 18.2 Å². The first-order valence-electron chi connectivity index (χ1n) is 7.33. The zero-order chi connectivity index (χ0) is 18.7. The van der Waals surface area contributed by atoms with E-state index in [1.165, 1.54) is 50.6 Å². The third kappa shape index (κ3) is 3.70. The van der Waals surface area contributed by atoms with E-state index in [-0.39, 0.29) is 22.1 Å². The molecule has 1 aromatic carbocycles. The van der Waals surface area contributed by atoms with Crippen LogP contribution in [0.2, 0.25) is 0 Å². The maximum Gasteiger partial charge on any atom is 0.295 e. The van der Waals surface area contributed by atoms with Crippen molar-refractivity contribution in [1.29, 1.82) is 0 Å². The van der Waals surface area contributed by atoms with Crippen LogP contribution in [-0.2, 0) is 10.0 Å². The average molecular weight is 377 g/mol. The Labute approximate surface area is 148 Å². The highest BCUT2D eigenvalue weighted by molar-refractivity contribution is 7.92. The number of rotatable bonds is 6. The van der Waals surface area contributed by atoms with Gasteiger partial charge in [0, 0.05) is 24.3 Å². The number of sulfonamides is 1. The van der Waals surface area contributed by atoms with E-state index >= 15 is 0 Å². The van der Waals surface area contributed by atoms with Crippen LogP contribution in [0.5, 0.6) is 11.5 Å². The van der Waals surface area contributed by atoms with E-state index < -0.39 is 10.0 Å². The molecular weight excluding hydrogens is 362 g/mol. The molecule has 0 saturated carbocycles. The molecule has 0 aliphatic heterocycles. The number of aromatic nitrogens is 2. The summed E-state index contributed by atoms with van der Waals surface area (Å²) in [7, 11) is -1.06. The molecule has 2 heterocycles. The Morgan fingerprint density at radius 2 is 1.73 bits per heavy atom. The first-order chi connectivity index (χ1) is 12.4. The van der Waals surface area contributed by atoms with E-state index in [1.807, 2.05) is 0 Å². The van der Waals surface area contributed by atoms with Crippen molar-refractivity contribution in [2.75, 3.05) is 18.9 Å². The smallest absolute Gasteiger partial charge is 0.295 e. The van der Waals surface area contributed by atoms with Crippen LogP contribution in [0.4, 0.5) is 5.69 Å². The number of nitrogens with one attached hydrogen (secondary N) is 2. The molecule has 0 unspecified atom stereocenters. The molecule has 3 rings (SSSR count). The molecule has 0 amide bonds. The summed E-state index contributed by atoms with van der Waals surface area (Å²) in [6.45, 7) is 0. The molecule has 0 spiro atoms. The molecule has 0 atom stereocenters. The molecule has 0 aliphatic rings. The Balaban J connectivity index is 1.89. The van der Waals surface area contributed by atoms with E-state index in [4.69, 9.17) is 13.9 Å². The van der Waals surface area contributed by atoms with Crippen molar-refractivity contribution in [2.24, 2.45) is 0 Å². The molecule has 136 valence electrons. The molecule has 0 aliphatic carbocycles. The fourth-order valence-electron chi connectivity index (χ4n) is 2.16. The van der Waals surface area contributed by atoms with Gasteiger partial charge in [-0.15, -0.1) is 0 Å². The second kappa shape index (κ2) is 6.92. The predicted octanol–water partition coefficient (Wildman–Crippen LogP) is 1.85. The first kappa shape index (κ1) is 17.5. The van der Waals surface area contributed by atoms with E-state index in [0.717, 1.165) is 0 Å². The van der Waals surface area contributed by atoms with Gasteiger partial charge in [0.25, 0.3) is 15.6 Å². The normalized spacial score (nSPS) is 11.2. The van der Waals surface area contributed by atoms with Gasteiger partial charge in [-0.2, -0.15) is 13.5 Å². The van der Waals surface area contributed by atoms with Crippen LogP contribution < -0.4 is 19.8 Å². The lowest BCUT2D eigenvalue weighted by molar-refractivity contribution is 0.395. The zero-order valence-corrected chi connectivity index (χ0v) is 14.7. The number of ether oxygens (including phenoxy) is 2. The Kier molecular flexibility index (Phi) is 4.67. The quantitative estimate of drug-likeness (QED) is 0.672. The Hall–Kier alpha value is -3.27. The molecule has 9 nitrogen and oxygen atoms in total. The summed E-state index contributed by atoms with van der Waals surface area (Å²) < 4.78 is 43.1. The Bertz CT molecular complexity index is 1040. The van der Waals surface area contributed by atoms with Gasteiger partial charge < -0.3 is 13.9 Å². The first-order valence-corrected chi connectivity index (χ1v) is 8.81. The molecule has 0 fully saturated rings. The number of nitrogens with zero attached hydrogens (tertiary/aromatic N) is 1. The SMILES string of the molecule is COc1cc(NS(=O)(=O)c2ccc(-c3ccc(=O)[nH]n3)o2)cc(OC)c1. The van der Waals surface area contributed by atoms with Crippen molar-refractivity contribution >= 4 is 15.7 Å². The summed E-state index contributed by atoms with van der Waals surface area (Å²) in [5, 5.41) is 5.74. The minimum atomic E-state index is -3.99. The van der Waals surface area contributed by atoms with Gasteiger partial charge in [-0.1, -0.05) is 0 Å². The topological polar surface area (TPSA) is 124 Å².